The number of likely N-dealkylation sites (N-methyl/N-ethyl adjacent to an activating group) is 1. The minimum atomic E-state index is 0.165. The van der Waals surface area contributed by atoms with E-state index in [0.717, 1.165) is 73.0 Å². The Hall–Kier alpha value is -3.85. The number of carbonyl (C=O) groups is 1. The van der Waals surface area contributed by atoms with Gasteiger partial charge in [-0.15, -0.1) is 0 Å². The molecule has 2 aliphatic heterocycles. The van der Waals surface area contributed by atoms with E-state index >= 15 is 0 Å². The summed E-state index contributed by atoms with van der Waals surface area (Å²) in [6.07, 6.45) is 16.6. The summed E-state index contributed by atoms with van der Waals surface area (Å²) < 4.78 is 3.88. The van der Waals surface area contributed by atoms with Crippen LogP contribution in [0.2, 0.25) is 0 Å². The SMILES string of the molecule is CN1CC2CC1CN2C(=O)C1CCC(n2cc(-c3cnc(-c4cccc(-c5cnn(C)c5)c4)nc3)cn2)CC1. The molecule has 2 saturated heterocycles. The number of amides is 1. The number of aryl methyl sites for hydroxylation is 1. The number of aromatic nitrogens is 6. The van der Waals surface area contributed by atoms with Crippen LogP contribution in [0, 0.1) is 5.92 Å². The molecule has 2 bridgehead atoms. The number of rotatable bonds is 5. The van der Waals surface area contributed by atoms with E-state index < -0.39 is 0 Å². The smallest absolute Gasteiger partial charge is 0.226 e. The highest BCUT2D eigenvalue weighted by atomic mass is 16.2. The molecule has 4 aromatic rings. The Morgan fingerprint density at radius 2 is 1.51 bits per heavy atom. The van der Waals surface area contributed by atoms with E-state index in [1.807, 2.05) is 50.2 Å². The summed E-state index contributed by atoms with van der Waals surface area (Å²) in [6.45, 7) is 1.95. The molecule has 1 amide bonds. The van der Waals surface area contributed by atoms with Gasteiger partial charge in [-0.1, -0.05) is 18.2 Å². The van der Waals surface area contributed by atoms with Gasteiger partial charge in [-0.3, -0.25) is 19.1 Å². The van der Waals surface area contributed by atoms with Crippen molar-refractivity contribution in [2.45, 2.75) is 50.2 Å². The highest BCUT2D eigenvalue weighted by Gasteiger charge is 2.45. The molecule has 3 aromatic heterocycles. The van der Waals surface area contributed by atoms with Crippen LogP contribution in [0.5, 0.6) is 0 Å². The molecule has 3 aliphatic rings. The van der Waals surface area contributed by atoms with Gasteiger partial charge in [0.2, 0.25) is 5.91 Å². The zero-order valence-corrected chi connectivity index (χ0v) is 22.5. The van der Waals surface area contributed by atoms with Gasteiger partial charge in [-0.05, 0) is 50.8 Å². The quantitative estimate of drug-likeness (QED) is 0.393. The van der Waals surface area contributed by atoms with E-state index in [9.17, 15) is 4.79 Å². The summed E-state index contributed by atoms with van der Waals surface area (Å²) in [6, 6.07) is 9.54. The average Bonchev–Trinajstić information content (AvgIpc) is 3.78. The summed E-state index contributed by atoms with van der Waals surface area (Å²) in [5.41, 5.74) is 5.09. The minimum Gasteiger partial charge on any atom is -0.337 e. The Bertz CT molecular complexity index is 1480. The summed E-state index contributed by atoms with van der Waals surface area (Å²) in [5, 5.41) is 8.96. The molecule has 0 spiro atoms. The summed E-state index contributed by atoms with van der Waals surface area (Å²) in [7, 11) is 4.10. The van der Waals surface area contributed by atoms with Crippen LogP contribution in [-0.4, -0.2) is 77.5 Å². The lowest BCUT2D eigenvalue weighted by Gasteiger charge is -2.36. The van der Waals surface area contributed by atoms with Crippen LogP contribution in [0.4, 0.5) is 0 Å². The van der Waals surface area contributed by atoms with Crippen molar-refractivity contribution in [2.24, 2.45) is 13.0 Å². The highest BCUT2D eigenvalue weighted by molar-refractivity contribution is 5.80. The summed E-state index contributed by atoms with van der Waals surface area (Å²) in [5.74, 6) is 1.25. The first kappa shape index (κ1) is 24.2. The van der Waals surface area contributed by atoms with Crippen LogP contribution in [-0.2, 0) is 11.8 Å². The van der Waals surface area contributed by atoms with Crippen molar-refractivity contribution in [3.63, 3.8) is 0 Å². The van der Waals surface area contributed by atoms with Gasteiger partial charge in [0.1, 0.15) is 0 Å². The van der Waals surface area contributed by atoms with E-state index in [-0.39, 0.29) is 5.92 Å². The summed E-state index contributed by atoms with van der Waals surface area (Å²) >= 11 is 0. The molecule has 7 rings (SSSR count). The lowest BCUT2D eigenvalue weighted by Crippen LogP contribution is -2.49. The van der Waals surface area contributed by atoms with Crippen LogP contribution in [0.25, 0.3) is 33.6 Å². The lowest BCUT2D eigenvalue weighted by atomic mass is 9.85. The lowest BCUT2D eigenvalue weighted by molar-refractivity contribution is -0.139. The third-order valence-electron chi connectivity index (χ3n) is 8.96. The van der Waals surface area contributed by atoms with Gasteiger partial charge in [-0.25, -0.2) is 9.97 Å². The number of hydrogen-bond acceptors (Lipinski definition) is 6. The molecule has 39 heavy (non-hydrogen) atoms. The topological polar surface area (TPSA) is 85.0 Å². The first-order chi connectivity index (χ1) is 19.0. The van der Waals surface area contributed by atoms with Crippen LogP contribution in [0.1, 0.15) is 38.1 Å². The van der Waals surface area contributed by atoms with Crippen LogP contribution in [0.3, 0.4) is 0 Å². The Morgan fingerprint density at radius 3 is 2.21 bits per heavy atom. The maximum Gasteiger partial charge on any atom is 0.226 e. The third-order valence-corrected chi connectivity index (χ3v) is 8.96. The van der Waals surface area contributed by atoms with Crippen molar-refractivity contribution in [2.75, 3.05) is 20.1 Å². The maximum absolute atomic E-state index is 13.2. The van der Waals surface area contributed by atoms with Crippen molar-refractivity contribution in [1.29, 1.82) is 0 Å². The van der Waals surface area contributed by atoms with Crippen molar-refractivity contribution in [1.82, 2.24) is 39.3 Å². The second kappa shape index (κ2) is 9.72. The number of piperazine rings is 1. The molecule has 2 atom stereocenters. The van der Waals surface area contributed by atoms with Gasteiger partial charge < -0.3 is 4.90 Å². The van der Waals surface area contributed by atoms with Crippen LogP contribution >= 0.6 is 0 Å². The molecule has 1 aliphatic carbocycles. The fourth-order valence-corrected chi connectivity index (χ4v) is 6.68. The van der Waals surface area contributed by atoms with Gasteiger partial charge in [0.05, 0.1) is 18.4 Å². The monoisotopic (exact) mass is 522 g/mol. The standard InChI is InChI=1S/C30H34N8O/c1-35-18-28-11-27(35)19-37(28)30(39)20-6-8-26(9-7-20)38-17-25(15-34-38)23-12-31-29(32-13-23)22-5-3-4-21(10-22)24-14-33-36(2)16-24/h3-5,10,12-17,20,26-28H,6-9,11,18-19H2,1-2H3. The van der Waals surface area contributed by atoms with E-state index in [2.05, 4.69) is 60.0 Å². The van der Waals surface area contributed by atoms with E-state index in [1.165, 1.54) is 0 Å². The van der Waals surface area contributed by atoms with Crippen LogP contribution < -0.4 is 0 Å². The second-order valence-corrected chi connectivity index (χ2v) is 11.5. The van der Waals surface area contributed by atoms with E-state index in [0.29, 0.717) is 29.9 Å². The predicted octanol–water partition coefficient (Wildman–Crippen LogP) is 4.05. The normalized spacial score (nSPS) is 24.9. The number of hydrogen-bond donors (Lipinski definition) is 0. The van der Waals surface area contributed by atoms with Crippen molar-refractivity contribution in [3.05, 3.63) is 61.4 Å². The Labute approximate surface area is 228 Å². The Balaban J connectivity index is 0.988. The van der Waals surface area contributed by atoms with Gasteiger partial charge in [0, 0.05) is 85.2 Å². The maximum atomic E-state index is 13.2. The molecule has 5 heterocycles. The van der Waals surface area contributed by atoms with Gasteiger partial charge in [0.25, 0.3) is 0 Å². The fraction of sp³-hybridized carbons (Fsp3) is 0.433. The molecule has 3 fully saturated rings. The molecule has 1 aromatic carbocycles. The van der Waals surface area contributed by atoms with E-state index in [4.69, 9.17) is 0 Å². The number of likely N-dealkylation sites (tertiary alicyclic amines) is 2. The second-order valence-electron chi connectivity index (χ2n) is 11.5. The zero-order chi connectivity index (χ0) is 26.5. The van der Waals surface area contributed by atoms with Crippen molar-refractivity contribution < 1.29 is 4.79 Å². The van der Waals surface area contributed by atoms with Crippen LogP contribution in [0.15, 0.2) is 61.4 Å². The number of benzene rings is 1. The first-order valence-electron chi connectivity index (χ1n) is 14.0. The van der Waals surface area contributed by atoms with Crippen molar-refractivity contribution >= 4 is 5.91 Å². The summed E-state index contributed by atoms with van der Waals surface area (Å²) in [4.78, 5) is 27.1. The average molecular weight is 523 g/mol. The molecule has 1 saturated carbocycles. The Morgan fingerprint density at radius 1 is 0.769 bits per heavy atom. The van der Waals surface area contributed by atoms with Gasteiger partial charge >= 0.3 is 0 Å². The molecular weight excluding hydrogens is 488 g/mol. The molecule has 9 heteroatoms. The molecular formula is C30H34N8O. The number of carbonyl (C=O) groups excluding carboxylic acids is 1. The largest absolute Gasteiger partial charge is 0.337 e. The third kappa shape index (κ3) is 4.54. The zero-order valence-electron chi connectivity index (χ0n) is 22.5. The van der Waals surface area contributed by atoms with Gasteiger partial charge in [0.15, 0.2) is 5.82 Å². The molecule has 0 N–H and O–H groups in total. The number of fused-ring (bicyclic) bond motifs is 2. The molecule has 9 nitrogen and oxygen atoms in total. The fourth-order valence-electron chi connectivity index (χ4n) is 6.68. The molecule has 200 valence electrons. The number of nitrogens with zero attached hydrogens (tertiary/aromatic N) is 8. The van der Waals surface area contributed by atoms with Crippen molar-refractivity contribution in [3.8, 4) is 33.6 Å². The predicted molar refractivity (Wildman–Crippen MR) is 148 cm³/mol. The molecule has 2 unspecified atom stereocenters. The highest BCUT2D eigenvalue weighted by Crippen LogP contribution is 2.37. The van der Waals surface area contributed by atoms with E-state index in [1.54, 1.807) is 4.68 Å². The molecule has 0 radical (unpaired) electrons. The Kier molecular flexibility index (Phi) is 6.03. The minimum absolute atomic E-state index is 0.165. The van der Waals surface area contributed by atoms with Gasteiger partial charge in [-0.2, -0.15) is 10.2 Å². The first-order valence-corrected chi connectivity index (χ1v) is 14.0.